The van der Waals surface area contributed by atoms with E-state index in [1.807, 2.05) is 13.0 Å². The number of ether oxygens (including phenoxy) is 1. The van der Waals surface area contributed by atoms with Gasteiger partial charge in [0.05, 0.1) is 23.7 Å². The van der Waals surface area contributed by atoms with Crippen LogP contribution in [0, 0.1) is 35.3 Å². The quantitative estimate of drug-likeness (QED) is 0.472. The topological polar surface area (TPSA) is 102 Å². The number of benzene rings is 1. The molecule has 6 nitrogen and oxygen atoms in total. The molecule has 6 heteroatoms. The molecule has 0 aliphatic heterocycles. The van der Waals surface area contributed by atoms with Gasteiger partial charge >= 0.3 is 0 Å². The maximum Gasteiger partial charge on any atom is 0.276 e. The molecule has 1 aromatic rings. The highest BCUT2D eigenvalue weighted by Gasteiger charge is 2.17. The van der Waals surface area contributed by atoms with Crippen LogP contribution >= 0.6 is 0 Å². The number of hydrogen-bond donors (Lipinski definition) is 1. The first-order chi connectivity index (χ1) is 9.76. The fourth-order valence-corrected chi connectivity index (χ4v) is 2.01. The second-order valence-electron chi connectivity index (χ2n) is 5.50. The van der Waals surface area contributed by atoms with Crippen molar-refractivity contribution in [3.8, 4) is 11.8 Å². The smallest absolute Gasteiger partial charge is 0.276 e. The average molecular weight is 291 g/mol. The van der Waals surface area contributed by atoms with Crippen LogP contribution in [0.2, 0.25) is 0 Å². The lowest BCUT2D eigenvalue weighted by molar-refractivity contribution is -0.385. The Morgan fingerprint density at radius 3 is 2.62 bits per heavy atom. The molecule has 0 saturated carbocycles. The van der Waals surface area contributed by atoms with Crippen molar-refractivity contribution in [2.24, 2.45) is 5.73 Å². The number of unbranched alkanes of at least 4 members (excludes halogenated alkanes) is 1. The number of aryl methyl sites for hydroxylation is 2. The van der Waals surface area contributed by atoms with E-state index in [9.17, 15) is 10.1 Å². The summed E-state index contributed by atoms with van der Waals surface area (Å²) in [5, 5.41) is 19.7. The summed E-state index contributed by atoms with van der Waals surface area (Å²) in [5.41, 5.74) is 6.48. The minimum Gasteiger partial charge on any atom is -0.493 e. The summed E-state index contributed by atoms with van der Waals surface area (Å²) in [4.78, 5) is 10.5. The Labute approximate surface area is 124 Å². The Morgan fingerprint density at radius 1 is 1.38 bits per heavy atom. The Morgan fingerprint density at radius 2 is 2.05 bits per heavy atom. The second-order valence-corrected chi connectivity index (χ2v) is 5.50. The molecule has 1 unspecified atom stereocenters. The molecule has 21 heavy (non-hydrogen) atoms. The highest BCUT2D eigenvalue weighted by Crippen LogP contribution is 2.28. The lowest BCUT2D eigenvalue weighted by Crippen LogP contribution is -2.33. The van der Waals surface area contributed by atoms with Crippen molar-refractivity contribution in [2.75, 3.05) is 6.61 Å². The number of hydrogen-bond acceptors (Lipinski definition) is 5. The summed E-state index contributed by atoms with van der Waals surface area (Å²) in [6.45, 7) is 5.71. The van der Waals surface area contributed by atoms with Gasteiger partial charge in [-0.3, -0.25) is 10.1 Å². The molecule has 0 amide bonds. The fourth-order valence-electron chi connectivity index (χ4n) is 2.01. The van der Waals surface area contributed by atoms with E-state index in [0.29, 0.717) is 24.3 Å². The van der Waals surface area contributed by atoms with Crippen molar-refractivity contribution in [3.63, 3.8) is 0 Å². The van der Waals surface area contributed by atoms with Crippen molar-refractivity contribution in [2.45, 2.75) is 45.6 Å². The molecule has 2 N–H and O–H groups in total. The van der Waals surface area contributed by atoms with Crippen LogP contribution in [0.15, 0.2) is 12.1 Å². The zero-order valence-electron chi connectivity index (χ0n) is 12.7. The summed E-state index contributed by atoms with van der Waals surface area (Å²) in [6, 6.07) is 5.26. The first-order valence-corrected chi connectivity index (χ1v) is 6.85. The predicted octanol–water partition coefficient (Wildman–Crippen LogP) is 3.00. The van der Waals surface area contributed by atoms with Gasteiger partial charge in [-0.1, -0.05) is 0 Å². The summed E-state index contributed by atoms with van der Waals surface area (Å²) < 4.78 is 5.60. The van der Waals surface area contributed by atoms with Crippen LogP contribution in [0.4, 0.5) is 5.69 Å². The summed E-state index contributed by atoms with van der Waals surface area (Å²) in [6.07, 6.45) is 2.11. The zero-order valence-corrected chi connectivity index (χ0v) is 12.7. The summed E-state index contributed by atoms with van der Waals surface area (Å²) in [7, 11) is 0. The van der Waals surface area contributed by atoms with E-state index in [4.69, 9.17) is 15.7 Å². The van der Waals surface area contributed by atoms with Gasteiger partial charge < -0.3 is 10.5 Å². The van der Waals surface area contributed by atoms with E-state index in [2.05, 4.69) is 0 Å². The van der Waals surface area contributed by atoms with E-state index < -0.39 is 10.5 Å². The van der Waals surface area contributed by atoms with Gasteiger partial charge in [0.1, 0.15) is 11.3 Å². The van der Waals surface area contributed by atoms with E-state index in [0.717, 1.165) is 18.4 Å². The van der Waals surface area contributed by atoms with Crippen LogP contribution in [-0.2, 0) is 0 Å². The van der Waals surface area contributed by atoms with Gasteiger partial charge in [-0.2, -0.15) is 5.26 Å². The molecule has 0 bridgehead atoms. The highest BCUT2D eigenvalue weighted by atomic mass is 16.6. The fraction of sp³-hybridized carbons (Fsp3) is 0.533. The molecule has 0 radical (unpaired) electrons. The highest BCUT2D eigenvalue weighted by molar-refractivity contribution is 5.49. The van der Waals surface area contributed by atoms with Crippen LogP contribution in [0.3, 0.4) is 0 Å². The average Bonchev–Trinajstić information content (AvgIpc) is 2.40. The molecule has 0 spiro atoms. The van der Waals surface area contributed by atoms with Gasteiger partial charge in [-0.25, -0.2) is 0 Å². The van der Waals surface area contributed by atoms with Gasteiger partial charge in [0.15, 0.2) is 0 Å². The van der Waals surface area contributed by atoms with Crippen LogP contribution in [0.1, 0.15) is 37.3 Å². The van der Waals surface area contributed by atoms with E-state index in [1.165, 1.54) is 6.07 Å². The van der Waals surface area contributed by atoms with E-state index in [-0.39, 0.29) is 5.69 Å². The minimum absolute atomic E-state index is 0.0645. The summed E-state index contributed by atoms with van der Waals surface area (Å²) in [5.74, 6) is 0.531. The second kappa shape index (κ2) is 7.04. The van der Waals surface area contributed by atoms with Crippen LogP contribution < -0.4 is 10.5 Å². The van der Waals surface area contributed by atoms with Crippen molar-refractivity contribution in [1.82, 2.24) is 0 Å². The zero-order chi connectivity index (χ0) is 16.0. The molecule has 114 valence electrons. The van der Waals surface area contributed by atoms with Gasteiger partial charge in [0.25, 0.3) is 5.69 Å². The Bertz CT molecular complexity index is 562. The number of nitro benzene ring substituents is 1. The van der Waals surface area contributed by atoms with Crippen molar-refractivity contribution < 1.29 is 9.66 Å². The largest absolute Gasteiger partial charge is 0.493 e. The van der Waals surface area contributed by atoms with Gasteiger partial charge in [-0.05, 0) is 51.7 Å². The van der Waals surface area contributed by atoms with Gasteiger partial charge in [-0.15, -0.1) is 0 Å². The molecular formula is C15H21N3O3. The molecule has 1 atom stereocenters. The third-order valence-electron chi connectivity index (χ3n) is 3.29. The molecule has 0 aliphatic carbocycles. The van der Waals surface area contributed by atoms with Gasteiger partial charge in [0, 0.05) is 5.56 Å². The minimum atomic E-state index is -0.807. The Hall–Kier alpha value is -2.13. The van der Waals surface area contributed by atoms with Crippen molar-refractivity contribution in [3.05, 3.63) is 33.4 Å². The first kappa shape index (κ1) is 16.9. The maximum absolute atomic E-state index is 10.9. The van der Waals surface area contributed by atoms with Crippen LogP contribution in [0.25, 0.3) is 0 Å². The standard InChI is InChI=1S/C15H21N3O3/c1-11-8-12(2)14(9-13(11)18(19)20)21-7-5-4-6-15(3,17)10-16/h8-9H,4-7,17H2,1-3H3. The van der Waals surface area contributed by atoms with Crippen molar-refractivity contribution in [1.29, 1.82) is 5.26 Å². The molecule has 0 fully saturated rings. The van der Waals surface area contributed by atoms with Gasteiger partial charge in [0.2, 0.25) is 0 Å². The number of nitro groups is 1. The predicted molar refractivity (Wildman–Crippen MR) is 80.1 cm³/mol. The molecule has 0 saturated heterocycles. The third-order valence-corrected chi connectivity index (χ3v) is 3.29. The molecule has 0 aromatic heterocycles. The summed E-state index contributed by atoms with van der Waals surface area (Å²) >= 11 is 0. The molecule has 0 heterocycles. The molecular weight excluding hydrogens is 270 g/mol. The maximum atomic E-state index is 10.9. The molecule has 0 aliphatic rings. The Kier molecular flexibility index (Phi) is 5.68. The Balaban J connectivity index is 2.55. The number of nitrogens with two attached hydrogens (primary N) is 1. The first-order valence-electron chi connectivity index (χ1n) is 6.85. The van der Waals surface area contributed by atoms with Crippen LogP contribution in [-0.4, -0.2) is 17.1 Å². The van der Waals surface area contributed by atoms with Crippen molar-refractivity contribution >= 4 is 5.69 Å². The van der Waals surface area contributed by atoms with E-state index >= 15 is 0 Å². The molecule has 1 aromatic carbocycles. The van der Waals surface area contributed by atoms with E-state index in [1.54, 1.807) is 19.9 Å². The number of nitrogens with zero attached hydrogens (tertiary/aromatic N) is 2. The van der Waals surface area contributed by atoms with Crippen LogP contribution in [0.5, 0.6) is 5.75 Å². The lowest BCUT2D eigenvalue weighted by Gasteiger charge is -2.15. The monoisotopic (exact) mass is 291 g/mol. The molecule has 1 rings (SSSR count). The number of rotatable bonds is 7. The third kappa shape index (κ3) is 5.04. The number of nitriles is 1. The normalized spacial score (nSPS) is 13.3. The lowest BCUT2D eigenvalue weighted by atomic mass is 9.98. The SMILES string of the molecule is Cc1cc(C)c([N+](=O)[O-])cc1OCCCCC(C)(N)C#N.